The Morgan fingerprint density at radius 1 is 1.15 bits per heavy atom. The molecule has 0 saturated carbocycles. The Morgan fingerprint density at radius 2 is 1.96 bits per heavy atom. The van der Waals surface area contributed by atoms with Crippen molar-refractivity contribution < 1.29 is 9.53 Å². The summed E-state index contributed by atoms with van der Waals surface area (Å²) in [4.78, 5) is 15.5. The number of fused-ring (bicyclic) bond motifs is 1. The first kappa shape index (κ1) is 17.2. The van der Waals surface area contributed by atoms with Gasteiger partial charge in [0.2, 0.25) is 5.88 Å². The number of urea groups is 1. The molecule has 1 aromatic heterocycles. The number of ether oxygens (including phenoxy) is 1. The first-order valence-corrected chi connectivity index (χ1v) is 8.23. The molecule has 3 aromatic rings. The number of aromatic nitrogens is 1. The van der Waals surface area contributed by atoms with Crippen molar-refractivity contribution in [3.8, 4) is 23.1 Å². The molecule has 0 atom stereocenters. The van der Waals surface area contributed by atoms with E-state index in [4.69, 9.17) is 15.7 Å². The molecule has 0 aliphatic carbocycles. The van der Waals surface area contributed by atoms with Gasteiger partial charge in [-0.1, -0.05) is 30.3 Å². The molecule has 0 spiro atoms. The Hall–Kier alpha value is -3.59. The van der Waals surface area contributed by atoms with Gasteiger partial charge < -0.3 is 15.8 Å². The summed E-state index contributed by atoms with van der Waals surface area (Å²) in [5, 5.41) is 13.1. The molecule has 0 aliphatic heterocycles. The van der Waals surface area contributed by atoms with Gasteiger partial charge in [-0.05, 0) is 29.5 Å². The number of anilines is 1. The van der Waals surface area contributed by atoms with E-state index in [9.17, 15) is 4.79 Å². The average molecular weight is 346 g/mol. The molecule has 130 valence electrons. The molecular formula is C20H18N4O2. The van der Waals surface area contributed by atoms with Crippen LogP contribution in [-0.2, 0) is 0 Å². The summed E-state index contributed by atoms with van der Waals surface area (Å²) in [7, 11) is 0. The third-order valence-corrected chi connectivity index (χ3v) is 3.91. The predicted molar refractivity (Wildman–Crippen MR) is 101 cm³/mol. The van der Waals surface area contributed by atoms with Crippen molar-refractivity contribution in [2.45, 2.75) is 12.8 Å². The second kappa shape index (κ2) is 7.99. The number of hydrogen-bond donors (Lipinski definition) is 2. The van der Waals surface area contributed by atoms with E-state index in [1.165, 1.54) is 0 Å². The number of carbonyl (C=O) groups excluding carboxylic acids is 1. The van der Waals surface area contributed by atoms with Gasteiger partial charge in [0.1, 0.15) is 0 Å². The average Bonchev–Trinajstić information content (AvgIpc) is 2.66. The second-order valence-electron chi connectivity index (χ2n) is 5.69. The van der Waals surface area contributed by atoms with E-state index in [1.807, 2.05) is 48.5 Å². The number of unbranched alkanes of at least 4 members (excludes halogenated alkanes) is 1. The standard InChI is InChI=1S/C20H18N4O2/c21-11-3-4-12-26-19-10-7-14(13-23-19)15-8-9-18(24-20(22)25)17-6-2-1-5-16(15)17/h1-2,5-10,13H,3-4,12H2,(H3,22,24,25). The van der Waals surface area contributed by atoms with Gasteiger partial charge in [-0.25, -0.2) is 9.78 Å². The minimum Gasteiger partial charge on any atom is -0.478 e. The van der Waals surface area contributed by atoms with Crippen LogP contribution in [0.25, 0.3) is 21.9 Å². The zero-order valence-corrected chi connectivity index (χ0v) is 14.1. The van der Waals surface area contributed by atoms with Crippen LogP contribution in [0, 0.1) is 11.3 Å². The lowest BCUT2D eigenvalue weighted by Crippen LogP contribution is -2.19. The first-order chi connectivity index (χ1) is 12.7. The van der Waals surface area contributed by atoms with Crippen LogP contribution < -0.4 is 15.8 Å². The van der Waals surface area contributed by atoms with Gasteiger partial charge >= 0.3 is 6.03 Å². The summed E-state index contributed by atoms with van der Waals surface area (Å²) in [5.41, 5.74) is 7.86. The predicted octanol–water partition coefficient (Wildman–Crippen LogP) is 4.07. The fraction of sp³-hybridized carbons (Fsp3) is 0.150. The van der Waals surface area contributed by atoms with E-state index < -0.39 is 6.03 Å². The summed E-state index contributed by atoms with van der Waals surface area (Å²) in [6, 6.07) is 16.8. The lowest BCUT2D eigenvalue weighted by molar-refractivity contribution is 0.259. The Labute approximate surface area is 151 Å². The monoisotopic (exact) mass is 346 g/mol. The van der Waals surface area contributed by atoms with Crippen LogP contribution in [-0.4, -0.2) is 17.6 Å². The molecule has 3 N–H and O–H groups in total. The molecule has 0 fully saturated rings. The Balaban J connectivity index is 1.89. The fourth-order valence-corrected chi connectivity index (χ4v) is 2.75. The molecule has 0 bridgehead atoms. The van der Waals surface area contributed by atoms with E-state index in [0.29, 0.717) is 31.0 Å². The van der Waals surface area contributed by atoms with Gasteiger partial charge in [0.25, 0.3) is 0 Å². The van der Waals surface area contributed by atoms with Crippen molar-refractivity contribution in [2.24, 2.45) is 5.73 Å². The number of amides is 2. The van der Waals surface area contributed by atoms with Crippen molar-refractivity contribution in [1.82, 2.24) is 4.98 Å². The molecule has 6 heteroatoms. The van der Waals surface area contributed by atoms with Crippen molar-refractivity contribution in [3.63, 3.8) is 0 Å². The quantitative estimate of drug-likeness (QED) is 0.657. The Bertz CT molecular complexity index is 962. The van der Waals surface area contributed by atoms with Gasteiger partial charge in [0.05, 0.1) is 18.4 Å². The third kappa shape index (κ3) is 3.90. The number of pyridine rings is 1. The molecule has 26 heavy (non-hydrogen) atoms. The van der Waals surface area contributed by atoms with Crippen LogP contribution in [0.2, 0.25) is 0 Å². The zero-order chi connectivity index (χ0) is 18.4. The maximum Gasteiger partial charge on any atom is 0.316 e. The smallest absolute Gasteiger partial charge is 0.316 e. The van der Waals surface area contributed by atoms with Crippen LogP contribution >= 0.6 is 0 Å². The van der Waals surface area contributed by atoms with Crippen LogP contribution in [0.4, 0.5) is 10.5 Å². The van der Waals surface area contributed by atoms with E-state index in [0.717, 1.165) is 21.9 Å². The number of nitrogens with two attached hydrogens (primary N) is 1. The van der Waals surface area contributed by atoms with Crippen LogP contribution in [0.1, 0.15) is 12.8 Å². The normalized spacial score (nSPS) is 10.3. The Morgan fingerprint density at radius 3 is 2.65 bits per heavy atom. The van der Waals surface area contributed by atoms with Crippen LogP contribution in [0.3, 0.4) is 0 Å². The summed E-state index contributed by atoms with van der Waals surface area (Å²) >= 11 is 0. The van der Waals surface area contributed by atoms with Gasteiger partial charge in [-0.2, -0.15) is 5.26 Å². The molecule has 1 heterocycles. The van der Waals surface area contributed by atoms with Crippen molar-refractivity contribution >= 4 is 22.5 Å². The Kier molecular flexibility index (Phi) is 5.30. The van der Waals surface area contributed by atoms with E-state index in [1.54, 1.807) is 6.20 Å². The minimum absolute atomic E-state index is 0.468. The zero-order valence-electron chi connectivity index (χ0n) is 14.1. The number of primary amides is 1. The highest BCUT2D eigenvalue weighted by atomic mass is 16.5. The topological polar surface area (TPSA) is 101 Å². The lowest BCUT2D eigenvalue weighted by Gasteiger charge is -2.12. The van der Waals surface area contributed by atoms with Crippen molar-refractivity contribution in [1.29, 1.82) is 5.26 Å². The fourth-order valence-electron chi connectivity index (χ4n) is 2.75. The SMILES string of the molecule is N#CCCCOc1ccc(-c2ccc(NC(N)=O)c3ccccc23)cn1. The molecule has 2 amide bonds. The molecule has 6 nitrogen and oxygen atoms in total. The van der Waals surface area contributed by atoms with Gasteiger partial charge in [-0.3, -0.25) is 0 Å². The summed E-state index contributed by atoms with van der Waals surface area (Å²) < 4.78 is 5.53. The number of rotatable bonds is 6. The highest BCUT2D eigenvalue weighted by Gasteiger charge is 2.09. The first-order valence-electron chi connectivity index (χ1n) is 8.23. The number of nitrogens with one attached hydrogen (secondary N) is 1. The minimum atomic E-state index is -0.595. The highest BCUT2D eigenvalue weighted by Crippen LogP contribution is 2.33. The molecular weight excluding hydrogens is 328 g/mol. The van der Waals surface area contributed by atoms with E-state index in [2.05, 4.69) is 16.4 Å². The maximum atomic E-state index is 11.2. The van der Waals surface area contributed by atoms with Crippen molar-refractivity contribution in [3.05, 3.63) is 54.7 Å². The lowest BCUT2D eigenvalue weighted by atomic mass is 9.98. The van der Waals surface area contributed by atoms with Gasteiger partial charge in [0, 0.05) is 29.6 Å². The maximum absolute atomic E-state index is 11.2. The van der Waals surface area contributed by atoms with E-state index in [-0.39, 0.29) is 0 Å². The third-order valence-electron chi connectivity index (χ3n) is 3.91. The van der Waals surface area contributed by atoms with E-state index >= 15 is 0 Å². The highest BCUT2D eigenvalue weighted by molar-refractivity contribution is 6.07. The number of nitrogens with zero attached hydrogens (tertiary/aromatic N) is 2. The van der Waals surface area contributed by atoms with Crippen LogP contribution in [0.5, 0.6) is 5.88 Å². The number of benzene rings is 2. The number of nitriles is 1. The van der Waals surface area contributed by atoms with Crippen LogP contribution in [0.15, 0.2) is 54.7 Å². The summed E-state index contributed by atoms with van der Waals surface area (Å²) in [6.07, 6.45) is 2.90. The molecule has 2 aromatic carbocycles. The van der Waals surface area contributed by atoms with Crippen molar-refractivity contribution in [2.75, 3.05) is 11.9 Å². The molecule has 0 unspecified atom stereocenters. The molecule has 3 rings (SSSR count). The van der Waals surface area contributed by atoms with Gasteiger partial charge in [-0.15, -0.1) is 0 Å². The number of hydrogen-bond acceptors (Lipinski definition) is 4. The molecule has 0 aliphatic rings. The summed E-state index contributed by atoms with van der Waals surface area (Å²) in [5.74, 6) is 0.531. The largest absolute Gasteiger partial charge is 0.478 e. The molecule has 0 saturated heterocycles. The second-order valence-corrected chi connectivity index (χ2v) is 5.69. The number of carbonyl (C=O) groups is 1. The summed E-state index contributed by atoms with van der Waals surface area (Å²) in [6.45, 7) is 0.469. The van der Waals surface area contributed by atoms with Gasteiger partial charge in [0.15, 0.2) is 0 Å². The molecule has 0 radical (unpaired) electrons.